The number of benzene rings is 1. The van der Waals surface area contributed by atoms with Crippen molar-refractivity contribution in [2.24, 2.45) is 0 Å². The van der Waals surface area contributed by atoms with Crippen molar-refractivity contribution in [1.82, 2.24) is 5.32 Å². The van der Waals surface area contributed by atoms with Gasteiger partial charge >= 0.3 is 0 Å². The zero-order valence-electron chi connectivity index (χ0n) is 11.9. The minimum absolute atomic E-state index is 0.133. The van der Waals surface area contributed by atoms with Gasteiger partial charge in [-0.3, -0.25) is 10.1 Å². The molecule has 2 fully saturated rings. The van der Waals surface area contributed by atoms with E-state index in [0.717, 1.165) is 37.8 Å². The minimum Gasteiger partial charge on any atom is -0.348 e. The second kappa shape index (κ2) is 6.09. The summed E-state index contributed by atoms with van der Waals surface area (Å²) in [5.74, 6) is -0.314. The molecule has 21 heavy (non-hydrogen) atoms. The number of ether oxygens (including phenoxy) is 2. The van der Waals surface area contributed by atoms with Crippen LogP contribution in [0.1, 0.15) is 31.2 Å². The van der Waals surface area contributed by atoms with Crippen LogP contribution in [0.2, 0.25) is 0 Å². The van der Waals surface area contributed by atoms with Gasteiger partial charge in [0.05, 0.1) is 18.1 Å². The molecule has 1 aliphatic carbocycles. The Kier molecular flexibility index (Phi) is 4.19. The molecule has 0 amide bonds. The highest BCUT2D eigenvalue weighted by Gasteiger charge is 2.40. The average Bonchev–Trinajstić information content (AvgIpc) is 2.95. The fourth-order valence-corrected chi connectivity index (χ4v) is 3.05. The minimum atomic E-state index is -0.376. The third-order valence-electron chi connectivity index (χ3n) is 4.30. The molecular formula is C15H20N2O4. The topological polar surface area (TPSA) is 73.6 Å². The maximum atomic E-state index is 10.6. The first kappa shape index (κ1) is 14.4. The standard InChI is InChI=1S/C15H20N2O4/c18-17(19)14-3-1-12(2-4-14)11-16-13-5-7-15(8-6-13)20-9-10-21-15/h1-4,13,16H,5-11H2. The Labute approximate surface area is 123 Å². The molecule has 0 radical (unpaired) electrons. The molecule has 1 aliphatic heterocycles. The molecule has 1 heterocycles. The highest BCUT2D eigenvalue weighted by molar-refractivity contribution is 5.32. The molecule has 1 spiro atoms. The highest BCUT2D eigenvalue weighted by atomic mass is 16.7. The van der Waals surface area contributed by atoms with Crippen LogP contribution in [0.25, 0.3) is 0 Å². The quantitative estimate of drug-likeness (QED) is 0.681. The van der Waals surface area contributed by atoms with E-state index in [4.69, 9.17) is 9.47 Å². The van der Waals surface area contributed by atoms with Crippen molar-refractivity contribution >= 4 is 5.69 Å². The summed E-state index contributed by atoms with van der Waals surface area (Å²) in [5.41, 5.74) is 1.20. The van der Waals surface area contributed by atoms with Crippen LogP contribution in [-0.4, -0.2) is 30.0 Å². The zero-order valence-corrected chi connectivity index (χ0v) is 11.9. The van der Waals surface area contributed by atoms with Gasteiger partial charge in [0.25, 0.3) is 5.69 Å². The lowest BCUT2D eigenvalue weighted by molar-refractivity contribution is -0.384. The number of nitrogens with zero attached hydrogens (tertiary/aromatic N) is 1. The molecular weight excluding hydrogens is 272 g/mol. The Balaban J connectivity index is 1.46. The maximum Gasteiger partial charge on any atom is 0.269 e. The van der Waals surface area contributed by atoms with Gasteiger partial charge in [-0.1, -0.05) is 12.1 Å². The van der Waals surface area contributed by atoms with Gasteiger partial charge in [-0.2, -0.15) is 0 Å². The highest BCUT2D eigenvalue weighted by Crippen LogP contribution is 2.35. The maximum absolute atomic E-state index is 10.6. The van der Waals surface area contributed by atoms with Crippen molar-refractivity contribution in [2.45, 2.75) is 44.1 Å². The largest absolute Gasteiger partial charge is 0.348 e. The second-order valence-corrected chi connectivity index (χ2v) is 5.69. The van der Waals surface area contributed by atoms with Gasteiger partial charge in [-0.15, -0.1) is 0 Å². The molecule has 3 rings (SSSR count). The lowest BCUT2D eigenvalue weighted by atomic mass is 9.90. The summed E-state index contributed by atoms with van der Waals surface area (Å²) in [5, 5.41) is 14.1. The van der Waals surface area contributed by atoms with Gasteiger partial charge in [-0.05, 0) is 18.4 Å². The van der Waals surface area contributed by atoms with E-state index in [1.807, 2.05) is 0 Å². The van der Waals surface area contributed by atoms with E-state index in [1.54, 1.807) is 24.3 Å². The number of nitro groups is 1. The number of non-ortho nitro benzene ring substituents is 1. The fraction of sp³-hybridized carbons (Fsp3) is 0.600. The first-order valence-electron chi connectivity index (χ1n) is 7.42. The summed E-state index contributed by atoms with van der Waals surface area (Å²) in [6.45, 7) is 2.15. The Morgan fingerprint density at radius 3 is 2.38 bits per heavy atom. The number of hydrogen-bond acceptors (Lipinski definition) is 5. The Bertz CT molecular complexity index is 487. The van der Waals surface area contributed by atoms with Crippen LogP contribution in [0, 0.1) is 10.1 Å². The lowest BCUT2D eigenvalue weighted by Crippen LogP contribution is -2.41. The van der Waals surface area contributed by atoms with Gasteiger partial charge in [0.15, 0.2) is 5.79 Å². The molecule has 6 heteroatoms. The van der Waals surface area contributed by atoms with E-state index in [2.05, 4.69) is 5.32 Å². The number of rotatable bonds is 4. The third-order valence-corrected chi connectivity index (χ3v) is 4.30. The van der Waals surface area contributed by atoms with Gasteiger partial charge in [0, 0.05) is 37.6 Å². The number of hydrogen-bond donors (Lipinski definition) is 1. The number of nitrogens with one attached hydrogen (secondary N) is 1. The summed E-state index contributed by atoms with van der Waals surface area (Å²) < 4.78 is 11.4. The van der Waals surface area contributed by atoms with Crippen LogP contribution in [0.3, 0.4) is 0 Å². The van der Waals surface area contributed by atoms with E-state index in [1.165, 1.54) is 0 Å². The Morgan fingerprint density at radius 2 is 1.81 bits per heavy atom. The smallest absolute Gasteiger partial charge is 0.269 e. The van der Waals surface area contributed by atoms with Crippen molar-refractivity contribution in [3.05, 3.63) is 39.9 Å². The van der Waals surface area contributed by atoms with Gasteiger partial charge in [0.2, 0.25) is 0 Å². The SMILES string of the molecule is O=[N+]([O-])c1ccc(CNC2CCC3(CC2)OCCO3)cc1. The monoisotopic (exact) mass is 292 g/mol. The summed E-state index contributed by atoms with van der Waals surface area (Å²) in [7, 11) is 0. The average molecular weight is 292 g/mol. The molecule has 1 saturated heterocycles. The van der Waals surface area contributed by atoms with Crippen LogP contribution in [0.5, 0.6) is 0 Å². The molecule has 0 atom stereocenters. The summed E-state index contributed by atoms with van der Waals surface area (Å²) in [4.78, 5) is 10.2. The first-order valence-corrected chi connectivity index (χ1v) is 7.42. The lowest BCUT2D eigenvalue weighted by Gasteiger charge is -2.35. The third kappa shape index (κ3) is 3.40. The van der Waals surface area contributed by atoms with Crippen LogP contribution >= 0.6 is 0 Å². The second-order valence-electron chi connectivity index (χ2n) is 5.69. The molecule has 2 aliphatic rings. The Hall–Kier alpha value is -1.50. The fourth-order valence-electron chi connectivity index (χ4n) is 3.05. The predicted molar refractivity (Wildman–Crippen MR) is 76.8 cm³/mol. The van der Waals surface area contributed by atoms with E-state index in [0.29, 0.717) is 19.3 Å². The molecule has 6 nitrogen and oxygen atoms in total. The molecule has 1 saturated carbocycles. The van der Waals surface area contributed by atoms with Crippen molar-refractivity contribution in [3.63, 3.8) is 0 Å². The van der Waals surface area contributed by atoms with Crippen molar-refractivity contribution in [2.75, 3.05) is 13.2 Å². The van der Waals surface area contributed by atoms with Gasteiger partial charge < -0.3 is 14.8 Å². The van der Waals surface area contributed by atoms with Gasteiger partial charge in [0.1, 0.15) is 0 Å². The van der Waals surface area contributed by atoms with Crippen LogP contribution in [0.4, 0.5) is 5.69 Å². The zero-order chi connectivity index (χ0) is 14.7. The normalized spacial score (nSPS) is 21.7. The molecule has 1 aromatic rings. The van der Waals surface area contributed by atoms with E-state index in [-0.39, 0.29) is 16.4 Å². The molecule has 1 N–H and O–H groups in total. The van der Waals surface area contributed by atoms with E-state index in [9.17, 15) is 10.1 Å². The molecule has 0 unspecified atom stereocenters. The summed E-state index contributed by atoms with van der Waals surface area (Å²) >= 11 is 0. The summed E-state index contributed by atoms with van der Waals surface area (Å²) in [6, 6.07) is 7.16. The molecule has 1 aromatic carbocycles. The van der Waals surface area contributed by atoms with Crippen molar-refractivity contribution < 1.29 is 14.4 Å². The van der Waals surface area contributed by atoms with Gasteiger partial charge in [-0.25, -0.2) is 0 Å². The predicted octanol–water partition coefficient (Wildman–Crippen LogP) is 2.37. The van der Waals surface area contributed by atoms with E-state index < -0.39 is 0 Å². The molecule has 114 valence electrons. The Morgan fingerprint density at radius 1 is 1.19 bits per heavy atom. The number of nitro benzene ring substituents is 1. The van der Waals surface area contributed by atoms with Crippen LogP contribution in [-0.2, 0) is 16.0 Å². The first-order chi connectivity index (χ1) is 10.2. The van der Waals surface area contributed by atoms with E-state index >= 15 is 0 Å². The summed E-state index contributed by atoms with van der Waals surface area (Å²) in [6.07, 6.45) is 3.94. The van der Waals surface area contributed by atoms with Crippen molar-refractivity contribution in [1.29, 1.82) is 0 Å². The molecule has 0 aromatic heterocycles. The van der Waals surface area contributed by atoms with Crippen molar-refractivity contribution in [3.8, 4) is 0 Å². The van der Waals surface area contributed by atoms with Crippen LogP contribution in [0.15, 0.2) is 24.3 Å². The van der Waals surface area contributed by atoms with Crippen LogP contribution < -0.4 is 5.32 Å². The molecule has 0 bridgehead atoms.